The molecule has 3 rings (SSSR count). The Morgan fingerprint density at radius 3 is 2.83 bits per heavy atom. The molecule has 1 atom stereocenters. The van der Waals surface area contributed by atoms with Crippen molar-refractivity contribution >= 4 is 16.5 Å². The van der Waals surface area contributed by atoms with Gasteiger partial charge in [-0.25, -0.2) is 9.99 Å². The molecule has 3 heterocycles. The van der Waals surface area contributed by atoms with E-state index in [9.17, 15) is 0 Å². The Balaban J connectivity index is 1.42. The van der Waals surface area contributed by atoms with Crippen molar-refractivity contribution in [2.45, 2.75) is 38.8 Å². The highest BCUT2D eigenvalue weighted by Gasteiger charge is 2.22. The van der Waals surface area contributed by atoms with Crippen LogP contribution in [0.4, 0.5) is 5.13 Å². The Labute approximate surface area is 149 Å². The van der Waals surface area contributed by atoms with E-state index in [1.165, 1.54) is 24.2 Å². The number of nitrogens with zero attached hydrogens (tertiary/aromatic N) is 4. The molecule has 1 aromatic heterocycles. The lowest BCUT2D eigenvalue weighted by Crippen LogP contribution is -2.45. The SMILES string of the molecule is C=C(CC)N1CCN(Cc2csc(NCC3CCCN3N)n2)CC1. The van der Waals surface area contributed by atoms with Crippen LogP contribution in [0, 0.1) is 0 Å². The van der Waals surface area contributed by atoms with Crippen LogP contribution in [0.5, 0.6) is 0 Å². The van der Waals surface area contributed by atoms with Crippen LogP contribution < -0.4 is 11.2 Å². The average molecular weight is 351 g/mol. The molecule has 0 bridgehead atoms. The Kier molecular flexibility index (Phi) is 6.10. The van der Waals surface area contributed by atoms with Crippen molar-refractivity contribution in [3.05, 3.63) is 23.3 Å². The van der Waals surface area contributed by atoms with Gasteiger partial charge in [-0.3, -0.25) is 10.7 Å². The molecule has 7 heteroatoms. The zero-order valence-corrected chi connectivity index (χ0v) is 15.5. The summed E-state index contributed by atoms with van der Waals surface area (Å²) in [5.74, 6) is 5.97. The summed E-state index contributed by atoms with van der Waals surface area (Å²) in [5.41, 5.74) is 2.43. The van der Waals surface area contributed by atoms with Gasteiger partial charge in [0, 0.05) is 62.9 Å². The zero-order valence-electron chi connectivity index (χ0n) is 14.7. The molecular formula is C17H30N6S. The lowest BCUT2D eigenvalue weighted by Gasteiger charge is -2.36. The summed E-state index contributed by atoms with van der Waals surface area (Å²) in [6.45, 7) is 13.5. The first-order valence-corrected chi connectivity index (χ1v) is 9.88. The first-order chi connectivity index (χ1) is 11.7. The van der Waals surface area contributed by atoms with Crippen molar-refractivity contribution in [2.75, 3.05) is 44.6 Å². The summed E-state index contributed by atoms with van der Waals surface area (Å²) in [6, 6.07) is 0.442. The van der Waals surface area contributed by atoms with E-state index in [-0.39, 0.29) is 0 Å². The standard InChI is InChI=1S/C17H30N6S/c1-3-14(2)22-9-7-21(8-10-22)12-15-13-24-17(20-15)19-11-16-5-4-6-23(16)18/h13,16H,2-12,18H2,1H3,(H,19,20). The number of allylic oxidation sites excluding steroid dienone is 1. The predicted octanol–water partition coefficient (Wildman–Crippen LogP) is 1.93. The van der Waals surface area contributed by atoms with E-state index < -0.39 is 0 Å². The number of rotatable bonds is 7. The first kappa shape index (κ1) is 17.7. The molecule has 3 N–H and O–H groups in total. The molecular weight excluding hydrogens is 320 g/mol. The number of thiazole rings is 1. The second-order valence-electron chi connectivity index (χ2n) is 6.74. The molecule has 1 aromatic rings. The molecule has 24 heavy (non-hydrogen) atoms. The van der Waals surface area contributed by atoms with Crippen LogP contribution in [0.3, 0.4) is 0 Å². The molecule has 6 nitrogen and oxygen atoms in total. The van der Waals surface area contributed by atoms with Crippen molar-refractivity contribution in [1.29, 1.82) is 0 Å². The van der Waals surface area contributed by atoms with Gasteiger partial charge in [-0.1, -0.05) is 13.5 Å². The maximum Gasteiger partial charge on any atom is 0.182 e. The van der Waals surface area contributed by atoms with E-state index in [4.69, 9.17) is 10.8 Å². The smallest absolute Gasteiger partial charge is 0.182 e. The second kappa shape index (κ2) is 8.29. The van der Waals surface area contributed by atoms with Gasteiger partial charge in [0.2, 0.25) is 0 Å². The van der Waals surface area contributed by atoms with E-state index in [1.807, 2.05) is 5.01 Å². The van der Waals surface area contributed by atoms with Crippen molar-refractivity contribution in [3.63, 3.8) is 0 Å². The van der Waals surface area contributed by atoms with Crippen LogP contribution in [0.2, 0.25) is 0 Å². The number of nitrogens with one attached hydrogen (secondary N) is 1. The molecule has 0 saturated carbocycles. The third-order valence-electron chi connectivity index (χ3n) is 5.08. The summed E-state index contributed by atoms with van der Waals surface area (Å²) < 4.78 is 0. The number of aromatic nitrogens is 1. The van der Waals surface area contributed by atoms with Crippen LogP contribution in [0.15, 0.2) is 17.7 Å². The molecule has 1 unspecified atom stereocenters. The van der Waals surface area contributed by atoms with Crippen molar-refractivity contribution in [3.8, 4) is 0 Å². The fraction of sp³-hybridized carbons (Fsp3) is 0.706. The normalized spacial score (nSPS) is 22.9. The topological polar surface area (TPSA) is 60.7 Å². The number of piperazine rings is 1. The van der Waals surface area contributed by atoms with Crippen LogP contribution in [-0.2, 0) is 6.54 Å². The number of hydrazine groups is 1. The molecule has 0 spiro atoms. The molecule has 0 aliphatic carbocycles. The molecule has 2 saturated heterocycles. The van der Waals surface area contributed by atoms with Crippen molar-refractivity contribution in [2.24, 2.45) is 5.84 Å². The van der Waals surface area contributed by atoms with Crippen molar-refractivity contribution in [1.82, 2.24) is 19.8 Å². The van der Waals surface area contributed by atoms with Gasteiger partial charge in [0.1, 0.15) is 0 Å². The quantitative estimate of drug-likeness (QED) is 0.733. The Bertz CT molecular complexity index is 537. The van der Waals surface area contributed by atoms with Crippen LogP contribution >= 0.6 is 11.3 Å². The molecule has 134 valence electrons. The lowest BCUT2D eigenvalue weighted by atomic mass is 10.2. The number of hydrogen-bond donors (Lipinski definition) is 2. The molecule has 0 aromatic carbocycles. The van der Waals surface area contributed by atoms with Crippen LogP contribution in [-0.4, -0.2) is 65.1 Å². The van der Waals surface area contributed by atoms with Gasteiger partial charge in [0.05, 0.1) is 5.69 Å². The van der Waals surface area contributed by atoms with Gasteiger partial charge in [-0.15, -0.1) is 11.3 Å². The van der Waals surface area contributed by atoms with Gasteiger partial charge in [-0.2, -0.15) is 0 Å². The number of hydrogen-bond acceptors (Lipinski definition) is 7. The third kappa shape index (κ3) is 4.47. The third-order valence-corrected chi connectivity index (χ3v) is 5.93. The fourth-order valence-corrected chi connectivity index (χ4v) is 4.13. The summed E-state index contributed by atoms with van der Waals surface area (Å²) in [7, 11) is 0. The monoisotopic (exact) mass is 350 g/mol. The highest BCUT2D eigenvalue weighted by Crippen LogP contribution is 2.20. The minimum Gasteiger partial charge on any atom is -0.373 e. The van der Waals surface area contributed by atoms with Gasteiger partial charge in [0.25, 0.3) is 0 Å². The summed E-state index contributed by atoms with van der Waals surface area (Å²) in [4.78, 5) is 9.63. The van der Waals surface area contributed by atoms with E-state index in [0.717, 1.165) is 57.4 Å². The fourth-order valence-electron chi connectivity index (χ4n) is 3.42. The molecule has 2 aliphatic heterocycles. The largest absolute Gasteiger partial charge is 0.373 e. The van der Waals surface area contributed by atoms with Gasteiger partial charge in [-0.05, 0) is 19.3 Å². The predicted molar refractivity (Wildman–Crippen MR) is 101 cm³/mol. The minimum atomic E-state index is 0.442. The Hall–Kier alpha value is -1.15. The summed E-state index contributed by atoms with van der Waals surface area (Å²) in [5, 5.41) is 8.59. The van der Waals surface area contributed by atoms with E-state index in [1.54, 1.807) is 11.3 Å². The summed E-state index contributed by atoms with van der Waals surface area (Å²) in [6.07, 6.45) is 3.42. The maximum absolute atomic E-state index is 5.97. The zero-order chi connectivity index (χ0) is 16.9. The van der Waals surface area contributed by atoms with Crippen LogP contribution in [0.1, 0.15) is 31.9 Å². The van der Waals surface area contributed by atoms with Gasteiger partial charge < -0.3 is 10.2 Å². The van der Waals surface area contributed by atoms with Gasteiger partial charge >= 0.3 is 0 Å². The molecule has 2 fully saturated rings. The summed E-state index contributed by atoms with van der Waals surface area (Å²) >= 11 is 1.70. The first-order valence-electron chi connectivity index (χ1n) is 9.00. The van der Waals surface area contributed by atoms with E-state index in [2.05, 4.69) is 34.0 Å². The second-order valence-corrected chi connectivity index (χ2v) is 7.60. The van der Waals surface area contributed by atoms with Gasteiger partial charge in [0.15, 0.2) is 5.13 Å². The number of nitrogens with two attached hydrogens (primary N) is 1. The average Bonchev–Trinajstić information content (AvgIpc) is 3.21. The molecule has 2 aliphatic rings. The Morgan fingerprint density at radius 1 is 1.38 bits per heavy atom. The highest BCUT2D eigenvalue weighted by molar-refractivity contribution is 7.13. The maximum atomic E-state index is 5.97. The van der Waals surface area contributed by atoms with E-state index >= 15 is 0 Å². The van der Waals surface area contributed by atoms with E-state index in [0.29, 0.717) is 6.04 Å². The van der Waals surface area contributed by atoms with Crippen LogP contribution in [0.25, 0.3) is 0 Å². The lowest BCUT2D eigenvalue weighted by molar-refractivity contribution is 0.150. The van der Waals surface area contributed by atoms with Crippen molar-refractivity contribution < 1.29 is 0 Å². The minimum absolute atomic E-state index is 0.442. The highest BCUT2D eigenvalue weighted by atomic mass is 32.1. The molecule has 0 amide bonds. The number of anilines is 1. The Morgan fingerprint density at radius 2 is 2.17 bits per heavy atom. The molecule has 0 radical (unpaired) electrons.